The molecule has 0 aliphatic heterocycles. The third-order valence-corrected chi connectivity index (χ3v) is 3.64. The summed E-state index contributed by atoms with van der Waals surface area (Å²) in [7, 11) is 0. The number of hydrogen-bond acceptors (Lipinski definition) is 3. The van der Waals surface area contributed by atoms with Gasteiger partial charge in [0.25, 0.3) is 0 Å². The van der Waals surface area contributed by atoms with Gasteiger partial charge >= 0.3 is 0 Å². The Hall–Kier alpha value is -2.33. The van der Waals surface area contributed by atoms with E-state index in [0.29, 0.717) is 0 Å². The lowest BCUT2D eigenvalue weighted by Gasteiger charge is -2.18. The largest absolute Gasteiger partial charge is 0.316 e. The predicted molar refractivity (Wildman–Crippen MR) is 74.6 cm³/mol. The zero-order chi connectivity index (χ0) is 14.4. The van der Waals surface area contributed by atoms with E-state index in [0.717, 1.165) is 18.4 Å². The Morgan fingerprint density at radius 1 is 1.10 bits per heavy atom. The molecule has 0 radical (unpaired) electrons. The molecule has 0 saturated carbocycles. The first kappa shape index (κ1) is 14.1. The third-order valence-electron chi connectivity index (χ3n) is 3.64. The van der Waals surface area contributed by atoms with Crippen LogP contribution in [0.3, 0.4) is 0 Å². The van der Waals surface area contributed by atoms with Crippen LogP contribution >= 0.6 is 0 Å². The van der Waals surface area contributed by atoms with Gasteiger partial charge in [-0.1, -0.05) is 18.2 Å². The summed E-state index contributed by atoms with van der Waals surface area (Å²) >= 11 is 0. The SMILES string of the molecule is N#CCN(CC#N)C(=O)Cc1ccc2c(c1)CCCC2. The summed E-state index contributed by atoms with van der Waals surface area (Å²) in [6.07, 6.45) is 4.91. The van der Waals surface area contributed by atoms with E-state index in [1.165, 1.54) is 28.9 Å². The van der Waals surface area contributed by atoms with Crippen LogP contribution in [0.25, 0.3) is 0 Å². The quantitative estimate of drug-likeness (QED) is 0.783. The van der Waals surface area contributed by atoms with Gasteiger partial charge in [-0.15, -0.1) is 0 Å². The van der Waals surface area contributed by atoms with Crippen molar-refractivity contribution in [1.29, 1.82) is 10.5 Å². The summed E-state index contributed by atoms with van der Waals surface area (Å²) < 4.78 is 0. The van der Waals surface area contributed by atoms with Crippen LogP contribution < -0.4 is 0 Å². The van der Waals surface area contributed by atoms with Crippen LogP contribution in [-0.4, -0.2) is 23.9 Å². The molecule has 0 aromatic heterocycles. The topological polar surface area (TPSA) is 67.9 Å². The molecule has 102 valence electrons. The second-order valence-corrected chi connectivity index (χ2v) is 5.05. The van der Waals surface area contributed by atoms with Crippen molar-refractivity contribution in [1.82, 2.24) is 4.90 Å². The van der Waals surface area contributed by atoms with Crippen molar-refractivity contribution in [3.63, 3.8) is 0 Å². The van der Waals surface area contributed by atoms with Gasteiger partial charge in [0.1, 0.15) is 13.1 Å². The standard InChI is InChI=1S/C16H17N3O/c17-7-9-19(10-8-18)16(20)12-13-5-6-14-3-1-2-4-15(14)11-13/h5-6,11H,1-4,9-10,12H2. The maximum absolute atomic E-state index is 12.1. The fourth-order valence-electron chi connectivity index (χ4n) is 2.59. The van der Waals surface area contributed by atoms with Crippen molar-refractivity contribution in [2.75, 3.05) is 13.1 Å². The summed E-state index contributed by atoms with van der Waals surface area (Å²) in [6.45, 7) is -0.0608. The molecule has 1 aliphatic carbocycles. The van der Waals surface area contributed by atoms with Crippen molar-refractivity contribution in [2.24, 2.45) is 0 Å². The van der Waals surface area contributed by atoms with E-state index in [-0.39, 0.29) is 25.4 Å². The minimum atomic E-state index is -0.163. The Morgan fingerprint density at radius 3 is 2.40 bits per heavy atom. The van der Waals surface area contributed by atoms with Gasteiger partial charge in [0.05, 0.1) is 18.6 Å². The Labute approximate surface area is 119 Å². The third kappa shape index (κ3) is 3.36. The molecule has 4 heteroatoms. The second kappa shape index (κ2) is 6.73. The second-order valence-electron chi connectivity index (χ2n) is 5.05. The molecule has 0 spiro atoms. The predicted octanol–water partition coefficient (Wildman–Crippen LogP) is 1.98. The fourth-order valence-corrected chi connectivity index (χ4v) is 2.59. The number of nitriles is 2. The lowest BCUT2D eigenvalue weighted by Crippen LogP contribution is -2.33. The molecule has 20 heavy (non-hydrogen) atoms. The minimum Gasteiger partial charge on any atom is -0.316 e. The summed E-state index contributed by atoms with van der Waals surface area (Å²) in [5, 5.41) is 17.4. The molecule has 1 aromatic rings. The number of aryl methyl sites for hydroxylation is 2. The number of nitrogens with zero attached hydrogens (tertiary/aromatic N) is 3. The van der Waals surface area contributed by atoms with Crippen molar-refractivity contribution in [3.05, 3.63) is 34.9 Å². The Balaban J connectivity index is 2.07. The lowest BCUT2D eigenvalue weighted by molar-refractivity contribution is -0.129. The van der Waals surface area contributed by atoms with E-state index in [1.807, 2.05) is 18.2 Å². The van der Waals surface area contributed by atoms with Crippen LogP contribution in [0.15, 0.2) is 18.2 Å². The first-order valence-corrected chi connectivity index (χ1v) is 6.87. The van der Waals surface area contributed by atoms with Gasteiger partial charge in [-0.25, -0.2) is 0 Å². The van der Waals surface area contributed by atoms with Crippen molar-refractivity contribution < 1.29 is 4.79 Å². The molecule has 0 saturated heterocycles. The highest BCUT2D eigenvalue weighted by Crippen LogP contribution is 2.22. The smallest absolute Gasteiger partial charge is 0.228 e. The van der Waals surface area contributed by atoms with E-state index < -0.39 is 0 Å². The molecular formula is C16H17N3O. The van der Waals surface area contributed by atoms with Gasteiger partial charge in [0.15, 0.2) is 0 Å². The number of fused-ring (bicyclic) bond motifs is 1. The first-order valence-electron chi connectivity index (χ1n) is 6.87. The average molecular weight is 267 g/mol. The van der Waals surface area contributed by atoms with E-state index >= 15 is 0 Å². The Morgan fingerprint density at radius 2 is 1.75 bits per heavy atom. The Bertz CT molecular complexity index is 564. The number of carbonyl (C=O) groups excluding carboxylic acids is 1. The van der Waals surface area contributed by atoms with E-state index in [2.05, 4.69) is 12.1 Å². The van der Waals surface area contributed by atoms with Crippen LogP contribution in [0.4, 0.5) is 0 Å². The molecular weight excluding hydrogens is 250 g/mol. The highest BCUT2D eigenvalue weighted by atomic mass is 16.2. The van der Waals surface area contributed by atoms with E-state index in [4.69, 9.17) is 10.5 Å². The first-order chi connectivity index (χ1) is 9.74. The van der Waals surface area contributed by atoms with Gasteiger partial charge in [-0.05, 0) is 42.4 Å². The highest BCUT2D eigenvalue weighted by Gasteiger charge is 2.15. The number of carbonyl (C=O) groups is 1. The van der Waals surface area contributed by atoms with Gasteiger partial charge in [0, 0.05) is 0 Å². The lowest BCUT2D eigenvalue weighted by atomic mass is 9.90. The molecule has 2 rings (SSSR count). The molecule has 0 bridgehead atoms. The van der Waals surface area contributed by atoms with Crippen molar-refractivity contribution >= 4 is 5.91 Å². The normalized spacial score (nSPS) is 12.9. The number of rotatable bonds is 4. The van der Waals surface area contributed by atoms with Gasteiger partial charge < -0.3 is 4.90 Å². The molecule has 0 fully saturated rings. The number of hydrogen-bond donors (Lipinski definition) is 0. The fraction of sp³-hybridized carbons (Fsp3) is 0.438. The van der Waals surface area contributed by atoms with Gasteiger partial charge in [-0.3, -0.25) is 4.79 Å². The summed E-state index contributed by atoms with van der Waals surface area (Å²) in [5.41, 5.74) is 3.70. The van der Waals surface area contributed by atoms with Crippen LogP contribution in [0.1, 0.15) is 29.5 Å². The molecule has 4 nitrogen and oxygen atoms in total. The zero-order valence-electron chi connectivity index (χ0n) is 11.4. The minimum absolute atomic E-state index is 0.0304. The van der Waals surface area contributed by atoms with Gasteiger partial charge in [-0.2, -0.15) is 10.5 Å². The van der Waals surface area contributed by atoms with Crippen LogP contribution in [0, 0.1) is 22.7 Å². The molecule has 0 N–H and O–H groups in total. The monoisotopic (exact) mass is 267 g/mol. The Kier molecular flexibility index (Phi) is 4.74. The van der Waals surface area contributed by atoms with E-state index in [1.54, 1.807) is 0 Å². The van der Waals surface area contributed by atoms with Crippen LogP contribution in [0.2, 0.25) is 0 Å². The highest BCUT2D eigenvalue weighted by molar-refractivity contribution is 5.79. The van der Waals surface area contributed by atoms with Crippen molar-refractivity contribution in [3.8, 4) is 12.1 Å². The maximum atomic E-state index is 12.1. The van der Waals surface area contributed by atoms with Gasteiger partial charge in [0.2, 0.25) is 5.91 Å². The summed E-state index contributed by atoms with van der Waals surface area (Å²) in [5.74, 6) is -0.163. The molecule has 0 atom stereocenters. The maximum Gasteiger partial charge on any atom is 0.228 e. The van der Waals surface area contributed by atoms with Crippen LogP contribution in [0.5, 0.6) is 0 Å². The molecule has 1 aromatic carbocycles. The molecule has 0 heterocycles. The van der Waals surface area contributed by atoms with Crippen LogP contribution in [-0.2, 0) is 24.1 Å². The molecule has 1 aliphatic rings. The average Bonchev–Trinajstić information content (AvgIpc) is 2.47. The molecule has 1 amide bonds. The summed E-state index contributed by atoms with van der Waals surface area (Å²) in [6, 6.07) is 10.0. The molecule has 0 unspecified atom stereocenters. The zero-order valence-corrected chi connectivity index (χ0v) is 11.4. The van der Waals surface area contributed by atoms with Crippen molar-refractivity contribution in [2.45, 2.75) is 32.1 Å². The number of benzene rings is 1. The number of amides is 1. The summed E-state index contributed by atoms with van der Waals surface area (Å²) in [4.78, 5) is 13.4. The van der Waals surface area contributed by atoms with E-state index in [9.17, 15) is 4.79 Å².